The third-order valence-electron chi connectivity index (χ3n) is 6.48. The van der Waals surface area contributed by atoms with E-state index in [1.165, 1.54) is 18.2 Å². The molecule has 2 aromatic heterocycles. The van der Waals surface area contributed by atoms with E-state index in [1.54, 1.807) is 34.9 Å². The van der Waals surface area contributed by atoms with Crippen LogP contribution in [0, 0.1) is 0 Å². The van der Waals surface area contributed by atoms with Crippen LogP contribution in [0.1, 0.15) is 11.1 Å². The molecule has 2 heterocycles. The lowest BCUT2D eigenvalue weighted by Gasteiger charge is -2.13. The summed E-state index contributed by atoms with van der Waals surface area (Å²) in [7, 11) is -4.11. The number of hydrogen-bond acceptors (Lipinski definition) is 5. The maximum atomic E-state index is 14.2. The average molecular weight is 545 g/mol. The minimum atomic E-state index is -4.11. The molecular formula is C32H24N4O3S. The molecule has 8 heteroatoms. The summed E-state index contributed by atoms with van der Waals surface area (Å²) in [5.41, 5.74) is 3.48. The number of carbonyl (C=O) groups is 1. The highest BCUT2D eigenvalue weighted by Gasteiger charge is 2.32. The lowest BCUT2D eigenvalue weighted by Crippen LogP contribution is -2.16. The van der Waals surface area contributed by atoms with Crippen LogP contribution >= 0.6 is 0 Å². The fourth-order valence-electron chi connectivity index (χ4n) is 4.58. The van der Waals surface area contributed by atoms with Crippen molar-refractivity contribution in [2.24, 2.45) is 0 Å². The van der Waals surface area contributed by atoms with E-state index in [0.717, 1.165) is 11.1 Å². The first-order chi connectivity index (χ1) is 19.5. The van der Waals surface area contributed by atoms with Gasteiger partial charge in [0.05, 0.1) is 22.5 Å². The molecule has 0 atom stereocenters. The number of para-hydroxylation sites is 2. The van der Waals surface area contributed by atoms with E-state index in [2.05, 4.69) is 5.32 Å². The van der Waals surface area contributed by atoms with Crippen LogP contribution in [-0.2, 0) is 21.2 Å². The number of nitrogens with one attached hydrogen (secondary N) is 1. The molecule has 0 unspecified atom stereocenters. The summed E-state index contributed by atoms with van der Waals surface area (Å²) >= 11 is 0. The lowest BCUT2D eigenvalue weighted by molar-refractivity contribution is -0.111. The molecule has 0 bridgehead atoms. The molecule has 4 aromatic carbocycles. The van der Waals surface area contributed by atoms with Gasteiger partial charge < -0.3 is 9.88 Å². The van der Waals surface area contributed by atoms with Gasteiger partial charge in [0.2, 0.25) is 15.7 Å². The average Bonchev–Trinajstić information content (AvgIpc) is 3.28. The van der Waals surface area contributed by atoms with Gasteiger partial charge in [-0.15, -0.1) is 0 Å². The highest BCUT2D eigenvalue weighted by molar-refractivity contribution is 7.92. The van der Waals surface area contributed by atoms with Crippen molar-refractivity contribution in [1.82, 2.24) is 14.5 Å². The van der Waals surface area contributed by atoms with Crippen molar-refractivity contribution in [2.75, 3.05) is 5.32 Å². The zero-order chi connectivity index (χ0) is 27.5. The summed E-state index contributed by atoms with van der Waals surface area (Å²) < 4.78 is 30.1. The molecule has 196 valence electrons. The van der Waals surface area contributed by atoms with Crippen molar-refractivity contribution >= 4 is 49.8 Å². The number of carbonyl (C=O) groups excluding carboxylic acids is 1. The highest BCUT2D eigenvalue weighted by Crippen LogP contribution is 2.37. The molecule has 0 fully saturated rings. The molecule has 0 saturated heterocycles. The topological polar surface area (TPSA) is 93.9 Å². The molecule has 1 amide bonds. The van der Waals surface area contributed by atoms with E-state index < -0.39 is 15.7 Å². The van der Waals surface area contributed by atoms with Crippen molar-refractivity contribution in [3.63, 3.8) is 0 Å². The largest absolute Gasteiger partial charge is 0.307 e. The van der Waals surface area contributed by atoms with Crippen LogP contribution in [-0.4, -0.2) is 28.9 Å². The second kappa shape index (κ2) is 10.6. The summed E-state index contributed by atoms with van der Waals surface area (Å²) in [6.45, 7) is 0.271. The summed E-state index contributed by atoms with van der Waals surface area (Å²) in [4.78, 5) is 22.9. The standard InChI is InChI=1S/C32H24N4O3S/c37-28(21-20-23-12-4-1-5-13-23)35-32-30(40(38,39)25-16-8-3-9-17-25)29-31(34-27-19-11-10-18-26(27)33-29)36(32)22-24-14-6-2-7-15-24/h1-21H,22H2,(H,35,37). The molecule has 0 saturated carbocycles. The number of amides is 1. The van der Waals surface area contributed by atoms with Crippen molar-refractivity contribution < 1.29 is 13.2 Å². The number of nitrogens with zero attached hydrogens (tertiary/aromatic N) is 3. The Kier molecular flexibility index (Phi) is 6.67. The predicted molar refractivity (Wildman–Crippen MR) is 157 cm³/mol. The maximum Gasteiger partial charge on any atom is 0.249 e. The van der Waals surface area contributed by atoms with E-state index >= 15 is 0 Å². The van der Waals surface area contributed by atoms with Gasteiger partial charge in [-0.25, -0.2) is 18.4 Å². The Morgan fingerprint density at radius 2 is 1.32 bits per heavy atom. The van der Waals surface area contributed by atoms with E-state index in [9.17, 15) is 13.2 Å². The predicted octanol–water partition coefficient (Wildman–Crippen LogP) is 6.12. The minimum Gasteiger partial charge on any atom is -0.307 e. The Hall–Kier alpha value is -5.08. The zero-order valence-corrected chi connectivity index (χ0v) is 22.1. The smallest absolute Gasteiger partial charge is 0.249 e. The molecule has 0 aliphatic heterocycles. The van der Waals surface area contributed by atoms with Crippen LogP contribution in [0.15, 0.2) is 131 Å². The third kappa shape index (κ3) is 4.88. The third-order valence-corrected chi connectivity index (χ3v) is 8.30. The number of anilines is 1. The molecule has 7 nitrogen and oxygen atoms in total. The van der Waals surface area contributed by atoms with E-state index in [-0.39, 0.29) is 27.7 Å². The van der Waals surface area contributed by atoms with Gasteiger partial charge in [0.1, 0.15) is 16.2 Å². The van der Waals surface area contributed by atoms with Gasteiger partial charge in [-0.2, -0.15) is 0 Å². The van der Waals surface area contributed by atoms with Crippen LogP contribution in [0.2, 0.25) is 0 Å². The van der Waals surface area contributed by atoms with E-state index in [4.69, 9.17) is 9.97 Å². The quantitative estimate of drug-likeness (QED) is 0.245. The highest BCUT2D eigenvalue weighted by atomic mass is 32.2. The van der Waals surface area contributed by atoms with Gasteiger partial charge in [-0.3, -0.25) is 4.79 Å². The van der Waals surface area contributed by atoms with E-state index in [1.807, 2.05) is 78.9 Å². The molecule has 6 aromatic rings. The van der Waals surface area contributed by atoms with Crippen molar-refractivity contribution in [3.8, 4) is 0 Å². The fraction of sp³-hybridized carbons (Fsp3) is 0.0312. The van der Waals surface area contributed by atoms with Crippen LogP contribution in [0.3, 0.4) is 0 Å². The van der Waals surface area contributed by atoms with Gasteiger partial charge >= 0.3 is 0 Å². The number of benzene rings is 4. The summed E-state index contributed by atoms with van der Waals surface area (Å²) in [5, 5.41) is 2.87. The minimum absolute atomic E-state index is 0.0932. The number of fused-ring (bicyclic) bond motifs is 2. The summed E-state index contributed by atoms with van der Waals surface area (Å²) in [6, 6.07) is 34.4. The Labute approximate surface area is 231 Å². The molecule has 40 heavy (non-hydrogen) atoms. The normalized spacial score (nSPS) is 11.8. The molecule has 0 aliphatic carbocycles. The Balaban J connectivity index is 1.60. The van der Waals surface area contributed by atoms with Crippen LogP contribution < -0.4 is 5.32 Å². The van der Waals surface area contributed by atoms with Gasteiger partial charge in [-0.1, -0.05) is 91.0 Å². The first-order valence-electron chi connectivity index (χ1n) is 12.7. The Morgan fingerprint density at radius 3 is 2.00 bits per heavy atom. The van der Waals surface area contributed by atoms with Crippen molar-refractivity contribution in [3.05, 3.63) is 132 Å². The van der Waals surface area contributed by atoms with Crippen LogP contribution in [0.5, 0.6) is 0 Å². The molecule has 6 rings (SSSR count). The fourth-order valence-corrected chi connectivity index (χ4v) is 6.14. The number of aromatic nitrogens is 3. The first kappa shape index (κ1) is 25.2. The molecule has 1 N–H and O–H groups in total. The van der Waals surface area contributed by atoms with Crippen molar-refractivity contribution in [2.45, 2.75) is 16.3 Å². The molecule has 0 spiro atoms. The van der Waals surface area contributed by atoms with Gasteiger partial charge in [0, 0.05) is 6.08 Å². The zero-order valence-electron chi connectivity index (χ0n) is 21.3. The Bertz CT molecular complexity index is 1970. The monoisotopic (exact) mass is 544 g/mol. The van der Waals surface area contributed by atoms with Crippen molar-refractivity contribution in [1.29, 1.82) is 0 Å². The molecule has 0 radical (unpaired) electrons. The molecule has 0 aliphatic rings. The second-order valence-corrected chi connectivity index (χ2v) is 11.1. The maximum absolute atomic E-state index is 14.2. The SMILES string of the molecule is O=C(C=Cc1ccccc1)Nc1c(S(=O)(=O)c2ccccc2)c2nc3ccccc3nc2n1Cc1ccccc1. The lowest BCUT2D eigenvalue weighted by atomic mass is 10.2. The van der Waals surface area contributed by atoms with Gasteiger partial charge in [-0.05, 0) is 41.5 Å². The second-order valence-electron chi connectivity index (χ2n) is 9.18. The molecular weight excluding hydrogens is 520 g/mol. The summed E-state index contributed by atoms with van der Waals surface area (Å²) in [5.74, 6) is -0.365. The van der Waals surface area contributed by atoms with Gasteiger partial charge in [0.25, 0.3) is 0 Å². The van der Waals surface area contributed by atoms with Crippen LogP contribution in [0.4, 0.5) is 5.82 Å². The van der Waals surface area contributed by atoms with E-state index in [0.29, 0.717) is 16.7 Å². The number of rotatable bonds is 7. The number of sulfone groups is 1. The van der Waals surface area contributed by atoms with Gasteiger partial charge in [0.15, 0.2) is 5.65 Å². The first-order valence-corrected chi connectivity index (χ1v) is 14.2. The summed E-state index contributed by atoms with van der Waals surface area (Å²) in [6.07, 6.45) is 3.06. The van der Waals surface area contributed by atoms with Crippen LogP contribution in [0.25, 0.3) is 28.3 Å². The Morgan fingerprint density at radius 1 is 0.750 bits per heavy atom. The number of hydrogen-bond donors (Lipinski definition) is 1.